The predicted molar refractivity (Wildman–Crippen MR) is 81.4 cm³/mol. The Labute approximate surface area is 130 Å². The second kappa shape index (κ2) is 7.19. The number of halogens is 1. The minimum absolute atomic E-state index is 0.0176. The Morgan fingerprint density at radius 1 is 1.29 bits per heavy atom. The number of methoxy groups -OCH3 is 1. The van der Waals surface area contributed by atoms with Gasteiger partial charge in [0.25, 0.3) is 5.91 Å². The maximum Gasteiger partial charge on any atom is 0.291 e. The third-order valence-electron chi connectivity index (χ3n) is 2.69. The van der Waals surface area contributed by atoms with Crippen LogP contribution in [0.1, 0.15) is 16.1 Å². The normalized spacial score (nSPS) is 10.4. The van der Waals surface area contributed by atoms with E-state index in [9.17, 15) is 9.59 Å². The first-order valence-electron chi connectivity index (χ1n) is 6.25. The average molecular weight is 352 g/mol. The number of amides is 1. The summed E-state index contributed by atoms with van der Waals surface area (Å²) < 4.78 is 10.5. The molecular formula is C15H14BrNO4. The van der Waals surface area contributed by atoms with E-state index in [-0.39, 0.29) is 30.5 Å². The lowest BCUT2D eigenvalue weighted by Gasteiger charge is -2.06. The lowest BCUT2D eigenvalue weighted by molar-refractivity contribution is -0.121. The summed E-state index contributed by atoms with van der Waals surface area (Å²) >= 11 is 3.14. The van der Waals surface area contributed by atoms with Crippen LogP contribution in [0.5, 0.6) is 0 Å². The smallest absolute Gasteiger partial charge is 0.291 e. The Balaban J connectivity index is 2.04. The molecule has 0 unspecified atom stereocenters. The number of hydrogen-bond donors (Lipinski definition) is 1. The van der Waals surface area contributed by atoms with E-state index in [2.05, 4.69) is 21.2 Å². The zero-order valence-corrected chi connectivity index (χ0v) is 13.0. The van der Waals surface area contributed by atoms with Gasteiger partial charge in [-0.25, -0.2) is 0 Å². The molecule has 0 bridgehead atoms. The van der Waals surface area contributed by atoms with E-state index in [0.29, 0.717) is 10.4 Å². The number of nitrogens with one attached hydrogen (secondary N) is 1. The topological polar surface area (TPSA) is 68.5 Å². The van der Waals surface area contributed by atoms with E-state index in [0.717, 1.165) is 5.56 Å². The molecule has 0 saturated carbocycles. The lowest BCUT2D eigenvalue weighted by Crippen LogP contribution is -2.12. The Morgan fingerprint density at radius 2 is 2.10 bits per heavy atom. The van der Waals surface area contributed by atoms with Gasteiger partial charge in [0.05, 0.1) is 0 Å². The van der Waals surface area contributed by atoms with Gasteiger partial charge in [0.1, 0.15) is 6.61 Å². The minimum atomic E-state index is -0.346. The second-order valence-corrected chi connectivity index (χ2v) is 5.19. The van der Waals surface area contributed by atoms with Gasteiger partial charge in [0.15, 0.2) is 16.2 Å². The van der Waals surface area contributed by atoms with Crippen LogP contribution >= 0.6 is 15.9 Å². The molecule has 0 atom stereocenters. The Morgan fingerprint density at radius 3 is 2.76 bits per heavy atom. The van der Waals surface area contributed by atoms with Crippen LogP contribution < -0.4 is 5.32 Å². The van der Waals surface area contributed by atoms with Gasteiger partial charge in [-0.15, -0.1) is 0 Å². The van der Waals surface area contributed by atoms with Gasteiger partial charge in [-0.05, 0) is 45.8 Å². The minimum Gasteiger partial charge on any atom is -0.444 e. The summed E-state index contributed by atoms with van der Waals surface area (Å²) in [6, 6.07) is 10.3. The summed E-state index contributed by atoms with van der Waals surface area (Å²) in [7, 11) is 1.48. The molecule has 1 heterocycles. The first kappa shape index (κ1) is 15.5. The Kier molecular flexibility index (Phi) is 5.30. The van der Waals surface area contributed by atoms with E-state index >= 15 is 0 Å². The van der Waals surface area contributed by atoms with Crippen molar-refractivity contribution in [1.82, 2.24) is 0 Å². The molecule has 1 N–H and O–H groups in total. The molecule has 0 fully saturated rings. The summed E-state index contributed by atoms with van der Waals surface area (Å²) in [5, 5.41) is 2.72. The summed E-state index contributed by atoms with van der Waals surface area (Å²) in [5.41, 5.74) is 1.42. The third kappa shape index (κ3) is 4.54. The summed E-state index contributed by atoms with van der Waals surface area (Å²) in [6.45, 7) is 0.0804. The van der Waals surface area contributed by atoms with Crippen LogP contribution in [0.4, 0.5) is 5.69 Å². The first-order valence-corrected chi connectivity index (χ1v) is 7.04. The number of rotatable bonds is 6. The molecular weight excluding hydrogens is 338 g/mol. The number of hydrogen-bond acceptors (Lipinski definition) is 4. The molecule has 1 amide bonds. The predicted octanol–water partition coefficient (Wildman–Crippen LogP) is 3.05. The summed E-state index contributed by atoms with van der Waals surface area (Å²) in [4.78, 5) is 23.5. The fourth-order valence-electron chi connectivity index (χ4n) is 1.83. The number of carbonyl (C=O) groups excluding carboxylic acids is 2. The van der Waals surface area contributed by atoms with Crippen LogP contribution in [-0.4, -0.2) is 25.4 Å². The summed E-state index contributed by atoms with van der Waals surface area (Å²) in [6.07, 6.45) is 0.268. The molecule has 6 heteroatoms. The van der Waals surface area contributed by atoms with Crippen molar-refractivity contribution in [2.24, 2.45) is 0 Å². The zero-order valence-electron chi connectivity index (χ0n) is 11.4. The van der Waals surface area contributed by atoms with Crippen molar-refractivity contribution in [1.29, 1.82) is 0 Å². The molecule has 2 aromatic rings. The number of furan rings is 1. The molecule has 0 aliphatic rings. The van der Waals surface area contributed by atoms with E-state index < -0.39 is 0 Å². The van der Waals surface area contributed by atoms with Gasteiger partial charge in [0.2, 0.25) is 0 Å². The largest absolute Gasteiger partial charge is 0.444 e. The van der Waals surface area contributed by atoms with Gasteiger partial charge < -0.3 is 14.5 Å². The number of Topliss-reactive ketones (excluding diaryl/α,β-unsaturated/α-hetero) is 1. The van der Waals surface area contributed by atoms with Gasteiger partial charge >= 0.3 is 0 Å². The quantitative estimate of drug-likeness (QED) is 0.868. The molecule has 110 valence electrons. The first-order chi connectivity index (χ1) is 10.1. The highest BCUT2D eigenvalue weighted by atomic mass is 79.9. The standard InChI is InChI=1S/C15H14BrNO4/c1-20-9-12(18)8-10-3-2-4-11(7-10)17-15(19)13-5-6-14(16)21-13/h2-7H,8-9H2,1H3,(H,17,19). The maximum absolute atomic E-state index is 12.0. The number of benzene rings is 1. The molecule has 0 radical (unpaired) electrons. The van der Waals surface area contributed by atoms with Crippen LogP contribution in [0.2, 0.25) is 0 Å². The highest BCUT2D eigenvalue weighted by Crippen LogP contribution is 2.17. The van der Waals surface area contributed by atoms with Gasteiger partial charge in [-0.2, -0.15) is 0 Å². The van der Waals surface area contributed by atoms with Crippen molar-refractivity contribution in [2.45, 2.75) is 6.42 Å². The van der Waals surface area contributed by atoms with E-state index in [1.165, 1.54) is 7.11 Å². The number of carbonyl (C=O) groups is 2. The fraction of sp³-hybridized carbons (Fsp3) is 0.200. The van der Waals surface area contributed by atoms with E-state index in [4.69, 9.17) is 9.15 Å². The Bertz CT molecular complexity index is 651. The molecule has 1 aromatic heterocycles. The third-order valence-corrected chi connectivity index (χ3v) is 3.11. The highest BCUT2D eigenvalue weighted by molar-refractivity contribution is 9.10. The maximum atomic E-state index is 12.0. The average Bonchev–Trinajstić information content (AvgIpc) is 2.86. The summed E-state index contributed by atoms with van der Waals surface area (Å²) in [5.74, 6) is -0.153. The second-order valence-electron chi connectivity index (χ2n) is 4.41. The molecule has 0 aliphatic carbocycles. The SMILES string of the molecule is COCC(=O)Cc1cccc(NC(=O)c2ccc(Br)o2)c1. The van der Waals surface area contributed by atoms with Crippen LogP contribution in [0, 0.1) is 0 Å². The van der Waals surface area contributed by atoms with Crippen LogP contribution in [0.3, 0.4) is 0 Å². The van der Waals surface area contributed by atoms with E-state index in [1.807, 2.05) is 6.07 Å². The molecule has 2 rings (SSSR count). The van der Waals surface area contributed by atoms with Crippen molar-refractivity contribution < 1.29 is 18.7 Å². The van der Waals surface area contributed by atoms with Crippen LogP contribution in [-0.2, 0) is 16.0 Å². The van der Waals surface area contributed by atoms with Crippen molar-refractivity contribution in [3.63, 3.8) is 0 Å². The van der Waals surface area contributed by atoms with Crippen molar-refractivity contribution >= 4 is 33.3 Å². The fourth-order valence-corrected chi connectivity index (χ4v) is 2.13. The van der Waals surface area contributed by atoms with Crippen LogP contribution in [0.15, 0.2) is 45.5 Å². The van der Waals surface area contributed by atoms with Gasteiger partial charge in [-0.3, -0.25) is 9.59 Å². The van der Waals surface area contributed by atoms with E-state index in [1.54, 1.807) is 30.3 Å². The molecule has 0 spiro atoms. The monoisotopic (exact) mass is 351 g/mol. The number of ketones is 1. The Hall–Kier alpha value is -1.92. The molecule has 1 aromatic carbocycles. The van der Waals surface area contributed by atoms with Gasteiger partial charge in [0, 0.05) is 19.2 Å². The van der Waals surface area contributed by atoms with Crippen molar-refractivity contribution in [3.05, 3.63) is 52.4 Å². The number of anilines is 1. The van der Waals surface area contributed by atoms with Crippen molar-refractivity contribution in [3.8, 4) is 0 Å². The zero-order chi connectivity index (χ0) is 15.2. The molecule has 5 nitrogen and oxygen atoms in total. The molecule has 0 aliphatic heterocycles. The molecule has 0 saturated heterocycles. The highest BCUT2D eigenvalue weighted by Gasteiger charge is 2.11. The lowest BCUT2D eigenvalue weighted by atomic mass is 10.1. The van der Waals surface area contributed by atoms with Crippen LogP contribution in [0.25, 0.3) is 0 Å². The molecule has 21 heavy (non-hydrogen) atoms. The van der Waals surface area contributed by atoms with Gasteiger partial charge in [-0.1, -0.05) is 12.1 Å². The van der Waals surface area contributed by atoms with Crippen molar-refractivity contribution in [2.75, 3.05) is 19.0 Å². The number of ether oxygens (including phenoxy) is 1.